The fourth-order valence-corrected chi connectivity index (χ4v) is 2.98. The number of pyridine rings is 1. The Labute approximate surface area is 139 Å². The number of halogens is 2. The number of carbonyl (C=O) groups is 1. The Balaban J connectivity index is 1.92. The van der Waals surface area contributed by atoms with Gasteiger partial charge < -0.3 is 10.5 Å². The van der Waals surface area contributed by atoms with Crippen LogP contribution in [0.25, 0.3) is 10.2 Å². The molecule has 0 radical (unpaired) electrons. The molecule has 0 spiro atoms. The van der Waals surface area contributed by atoms with Crippen molar-refractivity contribution in [3.05, 3.63) is 47.0 Å². The van der Waals surface area contributed by atoms with Crippen LogP contribution in [-0.4, -0.2) is 15.9 Å². The molecule has 0 aliphatic carbocycles. The van der Waals surface area contributed by atoms with Gasteiger partial charge in [-0.25, -0.2) is 9.37 Å². The van der Waals surface area contributed by atoms with Crippen LogP contribution in [0.4, 0.5) is 4.39 Å². The second-order valence-corrected chi connectivity index (χ2v) is 6.14. The molecule has 8 heteroatoms. The monoisotopic (exact) mass is 351 g/mol. The van der Waals surface area contributed by atoms with Gasteiger partial charge in [-0.1, -0.05) is 29.0 Å². The third-order valence-electron chi connectivity index (χ3n) is 3.13. The summed E-state index contributed by atoms with van der Waals surface area (Å²) in [5, 5.41) is 0.392. The van der Waals surface area contributed by atoms with Crippen molar-refractivity contribution in [2.45, 2.75) is 12.8 Å². The van der Waals surface area contributed by atoms with Gasteiger partial charge in [-0.2, -0.15) is 0 Å². The molecule has 0 atom stereocenters. The van der Waals surface area contributed by atoms with Gasteiger partial charge in [0.05, 0.1) is 15.9 Å². The Morgan fingerprint density at radius 1 is 1.39 bits per heavy atom. The Hall–Kier alpha value is -2.25. The van der Waals surface area contributed by atoms with Gasteiger partial charge in [0.1, 0.15) is 5.52 Å². The Morgan fingerprint density at radius 3 is 2.96 bits per heavy atom. The maximum Gasteiger partial charge on any atom is 0.280 e. The minimum atomic E-state index is -0.615. The molecule has 0 bridgehead atoms. The molecule has 23 heavy (non-hydrogen) atoms. The lowest BCUT2D eigenvalue weighted by molar-refractivity contribution is -0.117. The van der Waals surface area contributed by atoms with Gasteiger partial charge in [-0.15, -0.1) is 0 Å². The third kappa shape index (κ3) is 3.40. The van der Waals surface area contributed by atoms with Crippen molar-refractivity contribution >= 4 is 39.1 Å². The number of fused-ring (bicyclic) bond motifs is 1. The number of hydrogen-bond donors (Lipinski definition) is 1. The van der Waals surface area contributed by atoms with E-state index in [0.717, 1.165) is 4.70 Å². The smallest absolute Gasteiger partial charge is 0.280 e. The van der Waals surface area contributed by atoms with E-state index in [1.165, 1.54) is 23.5 Å². The predicted octanol–water partition coefficient (Wildman–Crippen LogP) is 3.69. The zero-order valence-corrected chi connectivity index (χ0v) is 13.3. The molecular formula is C15H11ClFN3O2S. The van der Waals surface area contributed by atoms with Crippen LogP contribution in [0.1, 0.15) is 12.0 Å². The highest BCUT2D eigenvalue weighted by Crippen LogP contribution is 2.37. The van der Waals surface area contributed by atoms with E-state index in [0.29, 0.717) is 11.1 Å². The van der Waals surface area contributed by atoms with Gasteiger partial charge in [0, 0.05) is 12.6 Å². The summed E-state index contributed by atoms with van der Waals surface area (Å²) >= 11 is 7.28. The number of hydrogen-bond acceptors (Lipinski definition) is 5. The summed E-state index contributed by atoms with van der Waals surface area (Å²) in [6.45, 7) is 0. The SMILES string of the molecule is NC(=O)CCc1ccc(Cl)c(Oc2nc3cnccc3s2)c1F. The maximum absolute atomic E-state index is 14.5. The molecule has 3 rings (SSSR count). The molecule has 118 valence electrons. The first-order valence-corrected chi connectivity index (χ1v) is 7.87. The quantitative estimate of drug-likeness (QED) is 0.760. The largest absolute Gasteiger partial charge is 0.426 e. The van der Waals surface area contributed by atoms with E-state index in [-0.39, 0.29) is 28.8 Å². The van der Waals surface area contributed by atoms with Crippen molar-refractivity contribution in [2.75, 3.05) is 0 Å². The molecule has 0 fully saturated rings. The average Bonchev–Trinajstić information content (AvgIpc) is 2.93. The first kappa shape index (κ1) is 15.6. The minimum Gasteiger partial charge on any atom is -0.426 e. The highest BCUT2D eigenvalue weighted by molar-refractivity contribution is 7.20. The number of aromatic nitrogens is 2. The zero-order valence-electron chi connectivity index (χ0n) is 11.8. The van der Waals surface area contributed by atoms with E-state index in [1.807, 2.05) is 0 Å². The number of primary amides is 1. The number of thiazole rings is 1. The van der Waals surface area contributed by atoms with Crippen molar-refractivity contribution < 1.29 is 13.9 Å². The molecule has 0 saturated heterocycles. The minimum absolute atomic E-state index is 0.0464. The fourth-order valence-electron chi connectivity index (χ4n) is 2.01. The molecule has 2 heterocycles. The van der Waals surface area contributed by atoms with E-state index in [1.54, 1.807) is 18.5 Å². The summed E-state index contributed by atoms with van der Waals surface area (Å²) in [4.78, 5) is 19.1. The highest BCUT2D eigenvalue weighted by atomic mass is 35.5. The maximum atomic E-state index is 14.5. The summed E-state index contributed by atoms with van der Waals surface area (Å²) in [6, 6.07) is 4.82. The van der Waals surface area contributed by atoms with Crippen LogP contribution < -0.4 is 10.5 Å². The van der Waals surface area contributed by atoms with Crippen molar-refractivity contribution in [2.24, 2.45) is 5.73 Å². The second-order valence-electron chi connectivity index (χ2n) is 4.74. The molecule has 0 unspecified atom stereocenters. The standard InChI is InChI=1S/C15H11ClFN3O2S/c16-9-3-1-8(2-4-12(18)21)13(17)14(9)22-15-20-10-7-19-6-5-11(10)23-15/h1,3,5-7H,2,4H2,(H2,18,21). The Kier molecular flexibility index (Phi) is 4.40. The second kappa shape index (κ2) is 6.47. The Bertz CT molecular complexity index is 851. The number of amides is 1. The molecule has 2 aromatic heterocycles. The number of aryl methyl sites for hydroxylation is 1. The molecular weight excluding hydrogens is 341 g/mol. The van der Waals surface area contributed by atoms with Gasteiger partial charge >= 0.3 is 0 Å². The number of carbonyl (C=O) groups excluding carboxylic acids is 1. The van der Waals surface area contributed by atoms with Crippen molar-refractivity contribution in [3.63, 3.8) is 0 Å². The van der Waals surface area contributed by atoms with Crippen LogP contribution in [-0.2, 0) is 11.2 Å². The molecule has 0 aliphatic rings. The number of nitrogens with zero attached hydrogens (tertiary/aromatic N) is 2. The van der Waals surface area contributed by atoms with E-state index < -0.39 is 11.7 Å². The molecule has 1 aromatic carbocycles. The topological polar surface area (TPSA) is 78.1 Å². The van der Waals surface area contributed by atoms with E-state index >= 15 is 0 Å². The molecule has 0 saturated carbocycles. The summed E-state index contributed by atoms with van der Waals surface area (Å²) in [6.07, 6.45) is 3.46. The first-order chi connectivity index (χ1) is 11.0. The third-order valence-corrected chi connectivity index (χ3v) is 4.34. The van der Waals surface area contributed by atoms with Crippen LogP contribution in [0.5, 0.6) is 10.9 Å². The number of ether oxygens (including phenoxy) is 1. The van der Waals surface area contributed by atoms with Crippen LogP contribution >= 0.6 is 22.9 Å². The lowest BCUT2D eigenvalue weighted by atomic mass is 10.1. The molecule has 3 aromatic rings. The van der Waals surface area contributed by atoms with Crippen molar-refractivity contribution in [1.82, 2.24) is 9.97 Å². The summed E-state index contributed by atoms with van der Waals surface area (Å²) in [5.74, 6) is -1.22. The summed E-state index contributed by atoms with van der Waals surface area (Å²) in [5.41, 5.74) is 6.06. The molecule has 0 aliphatic heterocycles. The van der Waals surface area contributed by atoms with Gasteiger partial charge in [-0.05, 0) is 24.1 Å². The molecule has 1 amide bonds. The lowest BCUT2D eigenvalue weighted by Gasteiger charge is -2.09. The van der Waals surface area contributed by atoms with Gasteiger partial charge in [0.25, 0.3) is 5.19 Å². The van der Waals surface area contributed by atoms with Crippen LogP contribution in [0.15, 0.2) is 30.6 Å². The summed E-state index contributed by atoms with van der Waals surface area (Å²) in [7, 11) is 0. The molecule has 5 nitrogen and oxygen atoms in total. The summed E-state index contributed by atoms with van der Waals surface area (Å²) < 4.78 is 20.9. The number of nitrogens with two attached hydrogens (primary N) is 1. The highest BCUT2D eigenvalue weighted by Gasteiger charge is 2.17. The van der Waals surface area contributed by atoms with Crippen LogP contribution in [0.3, 0.4) is 0 Å². The molecule has 2 N–H and O–H groups in total. The van der Waals surface area contributed by atoms with E-state index in [4.69, 9.17) is 22.1 Å². The number of benzene rings is 1. The predicted molar refractivity (Wildman–Crippen MR) is 86.4 cm³/mol. The fraction of sp³-hybridized carbons (Fsp3) is 0.133. The van der Waals surface area contributed by atoms with Crippen molar-refractivity contribution in [3.8, 4) is 10.9 Å². The van der Waals surface area contributed by atoms with Gasteiger partial charge in [0.15, 0.2) is 11.6 Å². The normalized spacial score (nSPS) is 10.9. The van der Waals surface area contributed by atoms with Gasteiger partial charge in [0.2, 0.25) is 5.91 Å². The van der Waals surface area contributed by atoms with Crippen LogP contribution in [0.2, 0.25) is 5.02 Å². The lowest BCUT2D eigenvalue weighted by Crippen LogP contribution is -2.11. The number of rotatable bonds is 5. The van der Waals surface area contributed by atoms with Crippen molar-refractivity contribution in [1.29, 1.82) is 0 Å². The zero-order chi connectivity index (χ0) is 16.4. The first-order valence-electron chi connectivity index (χ1n) is 6.68. The average molecular weight is 352 g/mol. The van der Waals surface area contributed by atoms with E-state index in [9.17, 15) is 9.18 Å². The van der Waals surface area contributed by atoms with Gasteiger partial charge in [-0.3, -0.25) is 9.78 Å². The Morgan fingerprint density at radius 2 is 2.22 bits per heavy atom. The van der Waals surface area contributed by atoms with E-state index in [2.05, 4.69) is 9.97 Å². The van der Waals surface area contributed by atoms with Crippen LogP contribution in [0, 0.1) is 5.82 Å².